The number of nitrogens with zero attached hydrogens (tertiary/aromatic N) is 4. The highest BCUT2D eigenvalue weighted by Gasteiger charge is 2.28. The molecular formula is C10H16N4O. The first-order valence-corrected chi connectivity index (χ1v) is 5.45. The van der Waals surface area contributed by atoms with Gasteiger partial charge in [-0.25, -0.2) is 0 Å². The van der Waals surface area contributed by atoms with Gasteiger partial charge in [0.15, 0.2) is 0 Å². The molecule has 1 heterocycles. The van der Waals surface area contributed by atoms with Gasteiger partial charge >= 0.3 is 0 Å². The van der Waals surface area contributed by atoms with Crippen LogP contribution < -0.4 is 0 Å². The molecule has 1 aromatic rings. The maximum Gasteiger partial charge on any atom is 0.240 e. The van der Waals surface area contributed by atoms with Crippen LogP contribution in [-0.2, 0) is 7.05 Å². The lowest BCUT2D eigenvalue weighted by Gasteiger charge is -2.24. The first-order chi connectivity index (χ1) is 7.16. The topological polar surface area (TPSA) is 60.7 Å². The van der Waals surface area contributed by atoms with E-state index in [1.54, 1.807) is 7.05 Å². The zero-order chi connectivity index (χ0) is 10.8. The van der Waals surface area contributed by atoms with E-state index in [9.17, 15) is 4.79 Å². The monoisotopic (exact) mass is 208 g/mol. The van der Waals surface area contributed by atoms with Gasteiger partial charge in [0.2, 0.25) is 11.6 Å². The molecule has 0 spiro atoms. The lowest BCUT2D eigenvalue weighted by molar-refractivity contribution is 0.0857. The Labute approximate surface area is 88.9 Å². The summed E-state index contributed by atoms with van der Waals surface area (Å²) in [5, 5.41) is 11.4. The summed E-state index contributed by atoms with van der Waals surface area (Å²) in [5.41, 5.74) is 0. The van der Waals surface area contributed by atoms with E-state index in [-0.39, 0.29) is 17.5 Å². The number of tetrazole rings is 1. The Morgan fingerprint density at radius 2 is 2.27 bits per heavy atom. The standard InChI is InChI=1S/C10H16N4O/c1-7-4-3-5-8(6-7)9(15)10-11-13-14(2)12-10/h7-8H,3-6H2,1-2H3. The van der Waals surface area contributed by atoms with E-state index >= 15 is 0 Å². The number of rotatable bonds is 2. The van der Waals surface area contributed by atoms with E-state index in [0.29, 0.717) is 5.92 Å². The van der Waals surface area contributed by atoms with Crippen LogP contribution in [0, 0.1) is 11.8 Å². The van der Waals surface area contributed by atoms with E-state index < -0.39 is 0 Å². The fourth-order valence-electron chi connectivity index (χ4n) is 2.24. The summed E-state index contributed by atoms with van der Waals surface area (Å²) in [6, 6.07) is 0. The normalized spacial score (nSPS) is 26.5. The number of carbonyl (C=O) groups is 1. The van der Waals surface area contributed by atoms with E-state index in [4.69, 9.17) is 0 Å². The van der Waals surface area contributed by atoms with Crippen molar-refractivity contribution < 1.29 is 4.79 Å². The molecule has 0 amide bonds. The predicted molar refractivity (Wildman–Crippen MR) is 54.3 cm³/mol. The summed E-state index contributed by atoms with van der Waals surface area (Å²) in [6.07, 6.45) is 4.31. The van der Waals surface area contributed by atoms with E-state index in [1.165, 1.54) is 11.2 Å². The van der Waals surface area contributed by atoms with Crippen molar-refractivity contribution in [3.8, 4) is 0 Å². The SMILES string of the molecule is CC1CCCC(C(=O)c2nnn(C)n2)C1. The van der Waals surface area contributed by atoms with Crippen LogP contribution in [0.4, 0.5) is 0 Å². The summed E-state index contributed by atoms with van der Waals surface area (Å²) in [5.74, 6) is 1.09. The van der Waals surface area contributed by atoms with Crippen LogP contribution >= 0.6 is 0 Å². The smallest absolute Gasteiger partial charge is 0.240 e. The highest BCUT2D eigenvalue weighted by molar-refractivity contribution is 5.94. The molecule has 2 unspecified atom stereocenters. The number of carbonyl (C=O) groups excluding carboxylic acids is 1. The van der Waals surface area contributed by atoms with E-state index in [0.717, 1.165) is 19.3 Å². The lowest BCUT2D eigenvalue weighted by Crippen LogP contribution is -2.22. The Bertz CT molecular complexity index is 360. The van der Waals surface area contributed by atoms with Crippen LogP contribution in [0.2, 0.25) is 0 Å². The lowest BCUT2D eigenvalue weighted by atomic mass is 9.80. The second-order valence-corrected chi connectivity index (χ2v) is 4.44. The number of aryl methyl sites for hydroxylation is 1. The van der Waals surface area contributed by atoms with Crippen LogP contribution in [0.3, 0.4) is 0 Å². The minimum Gasteiger partial charge on any atom is -0.290 e. The van der Waals surface area contributed by atoms with Gasteiger partial charge in [-0.05, 0) is 24.0 Å². The summed E-state index contributed by atoms with van der Waals surface area (Å²) < 4.78 is 0. The summed E-state index contributed by atoms with van der Waals surface area (Å²) >= 11 is 0. The largest absolute Gasteiger partial charge is 0.290 e. The van der Waals surface area contributed by atoms with Gasteiger partial charge in [-0.1, -0.05) is 19.8 Å². The maximum atomic E-state index is 12.0. The van der Waals surface area contributed by atoms with Gasteiger partial charge in [0.05, 0.1) is 7.05 Å². The Kier molecular flexibility index (Phi) is 2.79. The van der Waals surface area contributed by atoms with Crippen LogP contribution in [-0.4, -0.2) is 26.0 Å². The van der Waals surface area contributed by atoms with Crippen molar-refractivity contribution in [2.45, 2.75) is 32.6 Å². The highest BCUT2D eigenvalue weighted by atomic mass is 16.1. The molecule has 1 aliphatic carbocycles. The third-order valence-corrected chi connectivity index (χ3v) is 3.04. The van der Waals surface area contributed by atoms with Crippen LogP contribution in [0.15, 0.2) is 0 Å². The Hall–Kier alpha value is -1.26. The third-order valence-electron chi connectivity index (χ3n) is 3.04. The number of ketones is 1. The average molecular weight is 208 g/mol. The molecular weight excluding hydrogens is 192 g/mol. The zero-order valence-electron chi connectivity index (χ0n) is 9.18. The van der Waals surface area contributed by atoms with Gasteiger partial charge in [-0.3, -0.25) is 4.79 Å². The van der Waals surface area contributed by atoms with Crippen molar-refractivity contribution in [3.05, 3.63) is 5.82 Å². The number of hydrogen-bond acceptors (Lipinski definition) is 4. The minimum atomic E-state index is 0.0645. The molecule has 0 radical (unpaired) electrons. The van der Waals surface area contributed by atoms with Gasteiger partial charge < -0.3 is 0 Å². The van der Waals surface area contributed by atoms with Crippen molar-refractivity contribution in [3.63, 3.8) is 0 Å². The van der Waals surface area contributed by atoms with E-state index in [1.807, 2.05) is 0 Å². The highest BCUT2D eigenvalue weighted by Crippen LogP contribution is 2.30. The van der Waals surface area contributed by atoms with Crippen molar-refractivity contribution >= 4 is 5.78 Å². The van der Waals surface area contributed by atoms with Crippen molar-refractivity contribution in [2.24, 2.45) is 18.9 Å². The molecule has 2 atom stereocenters. The quantitative estimate of drug-likeness (QED) is 0.685. The second-order valence-electron chi connectivity index (χ2n) is 4.44. The molecule has 5 heteroatoms. The third kappa shape index (κ3) is 2.22. The maximum absolute atomic E-state index is 12.0. The molecule has 0 aromatic carbocycles. The molecule has 1 aliphatic rings. The first-order valence-electron chi connectivity index (χ1n) is 5.45. The average Bonchev–Trinajstić information content (AvgIpc) is 2.64. The molecule has 1 fully saturated rings. The van der Waals surface area contributed by atoms with Crippen molar-refractivity contribution in [2.75, 3.05) is 0 Å². The van der Waals surface area contributed by atoms with Crippen molar-refractivity contribution in [1.29, 1.82) is 0 Å². The number of Topliss-reactive ketones (excluding diaryl/α,β-unsaturated/α-hetero) is 1. The fourth-order valence-corrected chi connectivity index (χ4v) is 2.24. The van der Waals surface area contributed by atoms with Gasteiger partial charge in [0.1, 0.15) is 0 Å². The fraction of sp³-hybridized carbons (Fsp3) is 0.800. The van der Waals surface area contributed by atoms with E-state index in [2.05, 4.69) is 22.3 Å². The molecule has 0 bridgehead atoms. The van der Waals surface area contributed by atoms with Gasteiger partial charge in [0, 0.05) is 5.92 Å². The summed E-state index contributed by atoms with van der Waals surface area (Å²) in [4.78, 5) is 13.3. The molecule has 5 nitrogen and oxygen atoms in total. The van der Waals surface area contributed by atoms with Crippen LogP contribution in [0.5, 0.6) is 0 Å². The molecule has 1 saturated carbocycles. The molecule has 0 N–H and O–H groups in total. The van der Waals surface area contributed by atoms with Gasteiger partial charge in [-0.2, -0.15) is 4.80 Å². The molecule has 1 aromatic heterocycles. The number of hydrogen-bond donors (Lipinski definition) is 0. The Balaban J connectivity index is 2.07. The molecule has 15 heavy (non-hydrogen) atoms. The number of aromatic nitrogens is 4. The van der Waals surface area contributed by atoms with Crippen LogP contribution in [0.1, 0.15) is 43.2 Å². The molecule has 0 saturated heterocycles. The second kappa shape index (κ2) is 4.08. The van der Waals surface area contributed by atoms with Crippen molar-refractivity contribution in [1.82, 2.24) is 20.2 Å². The Morgan fingerprint density at radius 3 is 2.87 bits per heavy atom. The van der Waals surface area contributed by atoms with Gasteiger partial charge in [0.25, 0.3) is 0 Å². The zero-order valence-corrected chi connectivity index (χ0v) is 9.18. The minimum absolute atomic E-state index is 0.0645. The Morgan fingerprint density at radius 1 is 1.47 bits per heavy atom. The predicted octanol–water partition coefficient (Wildman–Crippen LogP) is 1.22. The molecule has 2 rings (SSSR count). The first kappa shape index (κ1) is 10.3. The van der Waals surface area contributed by atoms with Gasteiger partial charge in [-0.15, -0.1) is 10.2 Å². The molecule has 0 aliphatic heterocycles. The summed E-state index contributed by atoms with van der Waals surface area (Å²) in [7, 11) is 1.67. The molecule has 82 valence electrons. The van der Waals surface area contributed by atoms with Crippen LogP contribution in [0.25, 0.3) is 0 Å². The summed E-state index contributed by atoms with van der Waals surface area (Å²) in [6.45, 7) is 2.20.